The van der Waals surface area contributed by atoms with Crippen molar-refractivity contribution in [2.45, 2.75) is 82.6 Å². The van der Waals surface area contributed by atoms with Crippen LogP contribution in [0.5, 0.6) is 5.88 Å². The third-order valence-corrected chi connectivity index (χ3v) is 9.14. The van der Waals surface area contributed by atoms with Crippen LogP contribution < -0.4 is 14.4 Å². The Balaban J connectivity index is 1.37. The first-order chi connectivity index (χ1) is 19.7. The number of anilines is 1. The minimum Gasteiger partial charge on any atom is -0.477 e. The molecule has 2 fully saturated rings. The monoisotopic (exact) mass is 609 g/mol. The normalized spacial score (nSPS) is 17.8. The molecule has 1 aliphatic heterocycles. The topological polar surface area (TPSA) is 124 Å². The number of hydrogen-bond acceptors (Lipinski definition) is 8. The number of hydrogen-bond donors (Lipinski definition) is 1. The number of carbonyl (C=O) groups is 1. The van der Waals surface area contributed by atoms with Crippen LogP contribution in [-0.2, 0) is 16.6 Å². The maximum Gasteiger partial charge on any atom is 0.394 e. The van der Waals surface area contributed by atoms with Crippen molar-refractivity contribution < 1.29 is 31.1 Å². The SMILES string of the molecule is CCCn1ccc(S(=O)(=O)NC(=O)c2ccc(-n3ccc(OCCC4(C(F)(F)F)CC4)n3)nc2N2CCCC2(C)C)n1. The average molecular weight is 610 g/mol. The van der Waals surface area contributed by atoms with Gasteiger partial charge < -0.3 is 9.64 Å². The van der Waals surface area contributed by atoms with Crippen molar-refractivity contribution in [2.24, 2.45) is 5.41 Å². The molecule has 15 heteroatoms. The predicted octanol–water partition coefficient (Wildman–Crippen LogP) is 4.48. The van der Waals surface area contributed by atoms with Crippen molar-refractivity contribution in [1.29, 1.82) is 0 Å². The van der Waals surface area contributed by atoms with Gasteiger partial charge in [-0.2, -0.15) is 26.7 Å². The molecule has 3 aromatic heterocycles. The third kappa shape index (κ3) is 5.96. The number of alkyl halides is 3. The van der Waals surface area contributed by atoms with Crippen LogP contribution in [-0.4, -0.2) is 63.7 Å². The fourth-order valence-corrected chi connectivity index (χ4v) is 6.12. The van der Waals surface area contributed by atoms with Crippen molar-refractivity contribution >= 4 is 21.7 Å². The van der Waals surface area contributed by atoms with Crippen molar-refractivity contribution in [1.82, 2.24) is 29.3 Å². The van der Waals surface area contributed by atoms with Crippen LogP contribution in [0.4, 0.5) is 19.0 Å². The molecule has 0 spiro atoms. The van der Waals surface area contributed by atoms with Gasteiger partial charge in [0.2, 0.25) is 5.88 Å². The first-order valence-electron chi connectivity index (χ1n) is 13.9. The summed E-state index contributed by atoms with van der Waals surface area (Å²) in [5.74, 6) is -0.0829. The van der Waals surface area contributed by atoms with E-state index in [-0.39, 0.29) is 53.7 Å². The lowest BCUT2D eigenvalue weighted by Gasteiger charge is -2.34. The highest BCUT2D eigenvalue weighted by molar-refractivity contribution is 7.90. The van der Waals surface area contributed by atoms with Gasteiger partial charge in [0.05, 0.1) is 17.6 Å². The van der Waals surface area contributed by atoms with Crippen LogP contribution >= 0.6 is 0 Å². The van der Waals surface area contributed by atoms with E-state index in [2.05, 4.69) is 14.9 Å². The Hall–Kier alpha value is -3.62. The summed E-state index contributed by atoms with van der Waals surface area (Å²) < 4.78 is 76.1. The Morgan fingerprint density at radius 1 is 1.10 bits per heavy atom. The molecule has 3 aromatic rings. The van der Waals surface area contributed by atoms with Gasteiger partial charge in [-0.1, -0.05) is 6.92 Å². The molecule has 228 valence electrons. The summed E-state index contributed by atoms with van der Waals surface area (Å²) >= 11 is 0. The second-order valence-corrected chi connectivity index (χ2v) is 13.1. The van der Waals surface area contributed by atoms with E-state index in [0.29, 0.717) is 18.9 Å². The van der Waals surface area contributed by atoms with E-state index in [0.717, 1.165) is 19.3 Å². The number of halogens is 3. The van der Waals surface area contributed by atoms with Gasteiger partial charge in [0.25, 0.3) is 15.9 Å². The quantitative estimate of drug-likeness (QED) is 0.338. The fraction of sp³-hybridized carbons (Fsp3) is 0.556. The Kier molecular flexibility index (Phi) is 7.75. The number of carbonyl (C=O) groups excluding carboxylic acids is 1. The Morgan fingerprint density at radius 2 is 1.86 bits per heavy atom. The molecule has 0 aromatic carbocycles. The molecule has 1 amide bonds. The number of amides is 1. The van der Waals surface area contributed by atoms with Gasteiger partial charge in [-0.15, -0.1) is 5.10 Å². The van der Waals surface area contributed by atoms with Gasteiger partial charge in [-0.05, 0) is 70.6 Å². The lowest BCUT2D eigenvalue weighted by Crippen LogP contribution is -2.41. The van der Waals surface area contributed by atoms with Gasteiger partial charge in [0, 0.05) is 37.1 Å². The summed E-state index contributed by atoms with van der Waals surface area (Å²) in [6.07, 6.45) is 1.39. The zero-order valence-electron chi connectivity index (χ0n) is 23.7. The summed E-state index contributed by atoms with van der Waals surface area (Å²) in [6, 6.07) is 5.86. The van der Waals surface area contributed by atoms with Crippen molar-refractivity contribution in [2.75, 3.05) is 18.1 Å². The van der Waals surface area contributed by atoms with E-state index >= 15 is 0 Å². The summed E-state index contributed by atoms with van der Waals surface area (Å²) in [5, 5.41) is 8.10. The molecule has 4 heterocycles. The van der Waals surface area contributed by atoms with E-state index in [1.807, 2.05) is 25.7 Å². The summed E-state index contributed by atoms with van der Waals surface area (Å²) in [7, 11) is -4.24. The number of ether oxygens (including phenoxy) is 1. The van der Waals surface area contributed by atoms with Crippen LogP contribution in [0.25, 0.3) is 5.82 Å². The standard InChI is InChI=1S/C27H34F3N7O4S/c1-4-14-35-16-9-22(33-35)42(39,40)34-24(38)19-6-7-20(31-23(19)36-15-5-10-25(36,2)3)37-17-8-21(32-37)41-18-13-26(11-12-26)27(28,29)30/h6-9,16-17H,4-5,10-15,18H2,1-3H3,(H,34,38). The van der Waals surface area contributed by atoms with Gasteiger partial charge in [-0.3, -0.25) is 9.48 Å². The molecule has 1 aliphatic carbocycles. The molecule has 42 heavy (non-hydrogen) atoms. The summed E-state index contributed by atoms with van der Waals surface area (Å²) in [4.78, 5) is 20.0. The Morgan fingerprint density at radius 3 is 2.50 bits per heavy atom. The maximum atomic E-state index is 13.4. The predicted molar refractivity (Wildman–Crippen MR) is 147 cm³/mol. The summed E-state index contributed by atoms with van der Waals surface area (Å²) in [5.41, 5.74) is -1.95. The van der Waals surface area contributed by atoms with Gasteiger partial charge >= 0.3 is 6.18 Å². The number of rotatable bonds is 11. The Bertz CT molecular complexity index is 1560. The van der Waals surface area contributed by atoms with Crippen LogP contribution in [0.2, 0.25) is 0 Å². The number of sulfonamides is 1. The number of nitrogens with zero attached hydrogens (tertiary/aromatic N) is 6. The van der Waals surface area contributed by atoms with Crippen molar-refractivity contribution in [3.05, 3.63) is 42.2 Å². The van der Waals surface area contributed by atoms with Crippen LogP contribution in [0.1, 0.15) is 69.7 Å². The van der Waals surface area contributed by atoms with Crippen LogP contribution in [0, 0.1) is 5.41 Å². The van der Waals surface area contributed by atoms with Gasteiger partial charge in [-0.25, -0.2) is 14.4 Å². The van der Waals surface area contributed by atoms with E-state index in [9.17, 15) is 26.4 Å². The lowest BCUT2D eigenvalue weighted by molar-refractivity contribution is -0.190. The van der Waals surface area contributed by atoms with Gasteiger partial charge in [0.15, 0.2) is 10.8 Å². The van der Waals surface area contributed by atoms with Crippen LogP contribution in [0.15, 0.2) is 41.7 Å². The highest BCUT2D eigenvalue weighted by Gasteiger charge is 2.62. The zero-order valence-corrected chi connectivity index (χ0v) is 24.5. The molecule has 0 atom stereocenters. The van der Waals surface area contributed by atoms with E-state index < -0.39 is 27.5 Å². The molecule has 1 N–H and O–H groups in total. The summed E-state index contributed by atoms with van der Waals surface area (Å²) in [6.45, 7) is 6.99. The molecule has 0 bridgehead atoms. The second kappa shape index (κ2) is 10.9. The number of nitrogens with one attached hydrogen (secondary N) is 1. The number of aryl methyl sites for hydroxylation is 1. The van der Waals surface area contributed by atoms with Gasteiger partial charge in [0.1, 0.15) is 5.82 Å². The fourth-order valence-electron chi connectivity index (χ4n) is 5.21. The van der Waals surface area contributed by atoms with E-state index in [1.54, 1.807) is 12.4 Å². The molecule has 1 saturated carbocycles. The number of pyridine rings is 1. The first-order valence-corrected chi connectivity index (χ1v) is 15.4. The second-order valence-electron chi connectivity index (χ2n) is 11.4. The molecular formula is C27H34F3N7O4S. The third-order valence-electron chi connectivity index (χ3n) is 7.92. The first kappa shape index (κ1) is 29.9. The Labute approximate surface area is 242 Å². The van der Waals surface area contributed by atoms with Crippen LogP contribution in [0.3, 0.4) is 0 Å². The van der Waals surface area contributed by atoms with E-state index in [1.165, 1.54) is 33.6 Å². The molecule has 5 rings (SSSR count). The lowest BCUT2D eigenvalue weighted by atomic mass is 10.0. The molecule has 11 nitrogen and oxygen atoms in total. The molecule has 0 radical (unpaired) electrons. The zero-order chi connectivity index (χ0) is 30.3. The highest BCUT2D eigenvalue weighted by atomic mass is 32.2. The minimum absolute atomic E-state index is 0.0656. The smallest absolute Gasteiger partial charge is 0.394 e. The van der Waals surface area contributed by atoms with Crippen molar-refractivity contribution in [3.63, 3.8) is 0 Å². The average Bonchev–Trinajstić information content (AvgIpc) is 3.22. The largest absolute Gasteiger partial charge is 0.477 e. The van der Waals surface area contributed by atoms with Crippen molar-refractivity contribution in [3.8, 4) is 11.7 Å². The van der Waals surface area contributed by atoms with E-state index in [4.69, 9.17) is 9.72 Å². The molecule has 1 saturated heterocycles. The minimum atomic E-state index is -4.25. The molecular weight excluding hydrogens is 575 g/mol. The maximum absolute atomic E-state index is 13.4. The number of aromatic nitrogens is 5. The highest BCUT2D eigenvalue weighted by Crippen LogP contribution is 2.59. The molecule has 2 aliphatic rings. The molecule has 0 unspecified atom stereocenters.